The second-order valence-electron chi connectivity index (χ2n) is 7.93. The Morgan fingerprint density at radius 1 is 1.13 bits per heavy atom. The maximum atomic E-state index is 10.6. The van der Waals surface area contributed by atoms with E-state index in [1.54, 1.807) is 18.4 Å². The first kappa shape index (κ1) is 21.6. The molecule has 3 heterocycles. The summed E-state index contributed by atoms with van der Waals surface area (Å²) in [6, 6.07) is 14.5. The average molecular weight is 438 g/mol. The molecular formula is C24H31N5OS. The predicted molar refractivity (Wildman–Crippen MR) is 130 cm³/mol. The van der Waals surface area contributed by atoms with Crippen molar-refractivity contribution in [3.05, 3.63) is 59.1 Å². The Kier molecular flexibility index (Phi) is 7.38. The molecule has 31 heavy (non-hydrogen) atoms. The van der Waals surface area contributed by atoms with E-state index in [0.717, 1.165) is 23.8 Å². The predicted octanol–water partition coefficient (Wildman–Crippen LogP) is 4.08. The molecule has 1 saturated heterocycles. The maximum absolute atomic E-state index is 10.6. The first-order valence-corrected chi connectivity index (χ1v) is 11.9. The van der Waals surface area contributed by atoms with E-state index in [1.807, 2.05) is 24.4 Å². The second-order valence-corrected chi connectivity index (χ2v) is 9.05. The number of aliphatic hydroxyl groups is 1. The Morgan fingerprint density at radius 2 is 1.94 bits per heavy atom. The number of aromatic nitrogens is 1. The third kappa shape index (κ3) is 5.74. The highest BCUT2D eigenvalue weighted by Crippen LogP contribution is 2.29. The molecule has 0 spiro atoms. The molecule has 0 bridgehead atoms. The van der Waals surface area contributed by atoms with Crippen LogP contribution in [0.1, 0.15) is 42.2 Å². The van der Waals surface area contributed by atoms with Crippen LogP contribution in [0, 0.1) is 0 Å². The van der Waals surface area contributed by atoms with Gasteiger partial charge in [-0.3, -0.25) is 4.99 Å². The number of nitrogens with one attached hydrogen (secondary N) is 2. The Labute approximate surface area is 188 Å². The van der Waals surface area contributed by atoms with Gasteiger partial charge in [0.1, 0.15) is 11.9 Å². The van der Waals surface area contributed by atoms with Crippen LogP contribution in [-0.2, 0) is 6.54 Å². The van der Waals surface area contributed by atoms with Gasteiger partial charge in [-0.1, -0.05) is 31.0 Å². The summed E-state index contributed by atoms with van der Waals surface area (Å²) in [6.07, 6.45) is 6.41. The van der Waals surface area contributed by atoms with Gasteiger partial charge < -0.3 is 20.6 Å². The van der Waals surface area contributed by atoms with Crippen molar-refractivity contribution >= 4 is 33.2 Å². The molecule has 7 heteroatoms. The number of fused-ring (bicyclic) bond motifs is 1. The number of hydrogen-bond donors (Lipinski definition) is 3. The molecule has 0 radical (unpaired) electrons. The van der Waals surface area contributed by atoms with Crippen LogP contribution in [0.2, 0.25) is 0 Å². The van der Waals surface area contributed by atoms with Crippen LogP contribution in [0.15, 0.2) is 53.7 Å². The molecule has 0 saturated carbocycles. The van der Waals surface area contributed by atoms with Gasteiger partial charge in [-0.25, -0.2) is 4.98 Å². The smallest absolute Gasteiger partial charge is 0.191 e. The first-order chi connectivity index (χ1) is 15.2. The van der Waals surface area contributed by atoms with E-state index in [-0.39, 0.29) is 0 Å². The lowest BCUT2D eigenvalue weighted by Crippen LogP contribution is -2.39. The molecule has 6 nitrogen and oxygen atoms in total. The lowest BCUT2D eigenvalue weighted by Gasteiger charge is -2.22. The summed E-state index contributed by atoms with van der Waals surface area (Å²) in [5, 5.41) is 18.4. The highest BCUT2D eigenvalue weighted by Gasteiger charge is 2.13. The van der Waals surface area contributed by atoms with Crippen molar-refractivity contribution in [1.29, 1.82) is 0 Å². The number of benzene rings is 1. The van der Waals surface area contributed by atoms with Crippen molar-refractivity contribution in [1.82, 2.24) is 15.6 Å². The van der Waals surface area contributed by atoms with E-state index in [9.17, 15) is 5.11 Å². The minimum absolute atomic E-state index is 0.405. The van der Waals surface area contributed by atoms with Gasteiger partial charge in [0, 0.05) is 49.0 Å². The van der Waals surface area contributed by atoms with Gasteiger partial charge in [-0.05, 0) is 48.1 Å². The average Bonchev–Trinajstić information content (AvgIpc) is 3.05. The second kappa shape index (κ2) is 10.6. The number of nitrogens with zero attached hydrogens (tertiary/aromatic N) is 3. The van der Waals surface area contributed by atoms with Crippen LogP contribution in [0.4, 0.5) is 5.82 Å². The number of rotatable bonds is 6. The van der Waals surface area contributed by atoms with Crippen molar-refractivity contribution in [2.24, 2.45) is 4.99 Å². The largest absolute Gasteiger partial charge is 0.386 e. The molecule has 3 N–H and O–H groups in total. The zero-order chi connectivity index (χ0) is 21.5. The summed E-state index contributed by atoms with van der Waals surface area (Å²) in [5.41, 5.74) is 1.17. The van der Waals surface area contributed by atoms with Gasteiger partial charge in [-0.2, -0.15) is 0 Å². The Morgan fingerprint density at radius 3 is 2.71 bits per heavy atom. The fraction of sp³-hybridized carbons (Fsp3) is 0.417. The normalized spacial score (nSPS) is 16.2. The fourth-order valence-electron chi connectivity index (χ4n) is 3.91. The Hall–Kier alpha value is -2.64. The van der Waals surface area contributed by atoms with Gasteiger partial charge in [0.25, 0.3) is 0 Å². The van der Waals surface area contributed by atoms with Crippen molar-refractivity contribution in [3.8, 4) is 0 Å². The third-order valence-corrected chi connectivity index (χ3v) is 6.88. The Bertz CT molecular complexity index is 977. The standard InChI is InChI=1S/C24H31N5OS/c1-25-24(28-17-20(30)22-15-19-8-4-5-9-21(19)31-22)27-16-18-10-11-26-23(14-18)29-12-6-2-3-7-13-29/h4-5,8-11,14-15,20,30H,2-3,6-7,12-13,16-17H2,1H3,(H2,25,27,28). The molecule has 1 unspecified atom stereocenters. The van der Waals surface area contributed by atoms with Gasteiger partial charge >= 0.3 is 0 Å². The van der Waals surface area contributed by atoms with Crippen molar-refractivity contribution in [3.63, 3.8) is 0 Å². The molecule has 4 rings (SSSR count). The summed E-state index contributed by atoms with van der Waals surface area (Å²) < 4.78 is 1.19. The number of anilines is 1. The fourth-order valence-corrected chi connectivity index (χ4v) is 4.96. The summed E-state index contributed by atoms with van der Waals surface area (Å²) in [7, 11) is 1.75. The van der Waals surface area contributed by atoms with Crippen LogP contribution < -0.4 is 15.5 Å². The Balaban J connectivity index is 1.30. The van der Waals surface area contributed by atoms with Crippen molar-refractivity contribution < 1.29 is 5.11 Å². The molecule has 1 fully saturated rings. The van der Waals surface area contributed by atoms with Gasteiger partial charge in [0.2, 0.25) is 0 Å². The quantitative estimate of drug-likeness (QED) is 0.400. The SMILES string of the molecule is CN=C(NCc1ccnc(N2CCCCCC2)c1)NCC(O)c1cc2ccccc2s1. The number of pyridine rings is 1. The number of hydrogen-bond acceptors (Lipinski definition) is 5. The van der Waals surface area contributed by atoms with Crippen molar-refractivity contribution in [2.75, 3.05) is 31.6 Å². The van der Waals surface area contributed by atoms with E-state index in [2.05, 4.69) is 49.8 Å². The highest BCUT2D eigenvalue weighted by molar-refractivity contribution is 7.19. The zero-order valence-corrected chi connectivity index (χ0v) is 18.9. The number of guanidine groups is 1. The molecule has 0 aliphatic carbocycles. The molecule has 1 aliphatic rings. The van der Waals surface area contributed by atoms with Crippen LogP contribution in [-0.4, -0.2) is 42.7 Å². The first-order valence-electron chi connectivity index (χ1n) is 11.0. The maximum Gasteiger partial charge on any atom is 0.191 e. The summed E-state index contributed by atoms with van der Waals surface area (Å²) in [6.45, 7) is 3.23. The molecule has 3 aromatic rings. The number of aliphatic hydroxyl groups excluding tert-OH is 1. The van der Waals surface area contributed by atoms with Crippen LogP contribution >= 0.6 is 11.3 Å². The summed E-state index contributed by atoms with van der Waals surface area (Å²) in [5.74, 6) is 1.73. The van der Waals surface area contributed by atoms with E-state index < -0.39 is 6.10 Å². The van der Waals surface area contributed by atoms with Crippen LogP contribution in [0.3, 0.4) is 0 Å². The lowest BCUT2D eigenvalue weighted by atomic mass is 10.2. The van der Waals surface area contributed by atoms with Crippen LogP contribution in [0.5, 0.6) is 0 Å². The highest BCUT2D eigenvalue weighted by atomic mass is 32.1. The zero-order valence-electron chi connectivity index (χ0n) is 18.1. The third-order valence-electron chi connectivity index (χ3n) is 5.66. The minimum Gasteiger partial charge on any atom is -0.386 e. The molecule has 1 aliphatic heterocycles. The van der Waals surface area contributed by atoms with Gasteiger partial charge in [0.15, 0.2) is 5.96 Å². The molecule has 2 aromatic heterocycles. The topological polar surface area (TPSA) is 72.8 Å². The van der Waals surface area contributed by atoms with E-state index in [1.165, 1.54) is 41.3 Å². The van der Waals surface area contributed by atoms with E-state index >= 15 is 0 Å². The summed E-state index contributed by atoms with van der Waals surface area (Å²) in [4.78, 5) is 12.2. The molecule has 0 amide bonds. The molecule has 1 aromatic carbocycles. The minimum atomic E-state index is -0.577. The monoisotopic (exact) mass is 437 g/mol. The van der Waals surface area contributed by atoms with Crippen LogP contribution in [0.25, 0.3) is 10.1 Å². The number of thiophene rings is 1. The molecule has 1 atom stereocenters. The lowest BCUT2D eigenvalue weighted by molar-refractivity contribution is 0.184. The molecular weight excluding hydrogens is 406 g/mol. The number of aliphatic imine (C=N–C) groups is 1. The van der Waals surface area contributed by atoms with E-state index in [4.69, 9.17) is 0 Å². The van der Waals surface area contributed by atoms with Gasteiger partial charge in [0.05, 0.1) is 0 Å². The molecule has 164 valence electrons. The van der Waals surface area contributed by atoms with Gasteiger partial charge in [-0.15, -0.1) is 11.3 Å². The summed E-state index contributed by atoms with van der Waals surface area (Å²) >= 11 is 1.63. The van der Waals surface area contributed by atoms with E-state index in [0.29, 0.717) is 19.0 Å². The van der Waals surface area contributed by atoms with Crippen molar-refractivity contribution in [2.45, 2.75) is 38.3 Å².